The number of ether oxygens (including phenoxy) is 1. The quantitative estimate of drug-likeness (QED) is 0.646. The SMILES string of the molecule is O=C1COCC2CN(Cc3ccc4onc(-n5ccc(=O)[nH]c5=O)c4c3)CCN12. The van der Waals surface area contributed by atoms with Crippen LogP contribution in [0.3, 0.4) is 0 Å². The summed E-state index contributed by atoms with van der Waals surface area (Å²) in [7, 11) is 0. The maximum Gasteiger partial charge on any atom is 0.334 e. The number of aromatic amines is 1. The van der Waals surface area contributed by atoms with E-state index < -0.39 is 11.2 Å². The molecule has 4 heterocycles. The molecule has 29 heavy (non-hydrogen) atoms. The second kappa shape index (κ2) is 6.98. The molecule has 0 bridgehead atoms. The van der Waals surface area contributed by atoms with Crippen LogP contribution in [-0.4, -0.2) is 69.3 Å². The molecule has 1 aromatic carbocycles. The molecule has 2 saturated heterocycles. The number of benzene rings is 1. The Hall–Kier alpha value is -3.24. The largest absolute Gasteiger partial charge is 0.369 e. The van der Waals surface area contributed by atoms with Gasteiger partial charge in [-0.3, -0.25) is 19.5 Å². The number of aromatic nitrogens is 3. The summed E-state index contributed by atoms with van der Waals surface area (Å²) in [5.74, 6) is 0.391. The molecule has 10 heteroatoms. The number of hydrogen-bond acceptors (Lipinski definition) is 7. The molecule has 2 aromatic heterocycles. The summed E-state index contributed by atoms with van der Waals surface area (Å²) >= 11 is 0. The van der Waals surface area contributed by atoms with Gasteiger partial charge in [-0.2, -0.15) is 0 Å². The van der Waals surface area contributed by atoms with E-state index in [1.54, 1.807) is 0 Å². The highest BCUT2D eigenvalue weighted by Gasteiger charge is 2.33. The van der Waals surface area contributed by atoms with Crippen molar-refractivity contribution in [1.82, 2.24) is 24.5 Å². The fraction of sp³-hybridized carbons (Fsp3) is 0.368. The van der Waals surface area contributed by atoms with Crippen LogP contribution in [0.5, 0.6) is 0 Å². The van der Waals surface area contributed by atoms with E-state index in [9.17, 15) is 14.4 Å². The fourth-order valence-corrected chi connectivity index (χ4v) is 3.99. The zero-order valence-corrected chi connectivity index (χ0v) is 15.5. The van der Waals surface area contributed by atoms with Gasteiger partial charge in [0.25, 0.3) is 5.56 Å². The van der Waals surface area contributed by atoms with Crippen molar-refractivity contribution in [2.45, 2.75) is 12.6 Å². The molecule has 2 fully saturated rings. The Morgan fingerprint density at radius 3 is 2.93 bits per heavy atom. The van der Waals surface area contributed by atoms with Crippen LogP contribution in [0.1, 0.15) is 5.56 Å². The molecule has 1 unspecified atom stereocenters. The average molecular weight is 397 g/mol. The predicted molar refractivity (Wildman–Crippen MR) is 102 cm³/mol. The molecular weight excluding hydrogens is 378 g/mol. The predicted octanol–water partition coefficient (Wildman–Crippen LogP) is -0.290. The molecule has 0 radical (unpaired) electrons. The Labute approximate surface area is 164 Å². The average Bonchev–Trinajstić information content (AvgIpc) is 3.11. The van der Waals surface area contributed by atoms with Gasteiger partial charge in [0.2, 0.25) is 5.91 Å². The summed E-state index contributed by atoms with van der Waals surface area (Å²) in [5, 5.41) is 4.68. The van der Waals surface area contributed by atoms with Crippen LogP contribution in [0, 0.1) is 0 Å². The maximum atomic E-state index is 12.1. The van der Waals surface area contributed by atoms with Gasteiger partial charge in [0.15, 0.2) is 11.4 Å². The van der Waals surface area contributed by atoms with Crippen LogP contribution in [0.15, 0.2) is 44.6 Å². The van der Waals surface area contributed by atoms with Gasteiger partial charge in [-0.25, -0.2) is 9.36 Å². The lowest BCUT2D eigenvalue weighted by atomic mass is 10.1. The van der Waals surface area contributed by atoms with Crippen LogP contribution < -0.4 is 11.2 Å². The van der Waals surface area contributed by atoms with Crippen LogP contribution >= 0.6 is 0 Å². The van der Waals surface area contributed by atoms with E-state index in [4.69, 9.17) is 9.26 Å². The lowest BCUT2D eigenvalue weighted by Gasteiger charge is -2.43. The van der Waals surface area contributed by atoms with Crippen molar-refractivity contribution >= 4 is 16.9 Å². The lowest BCUT2D eigenvalue weighted by Crippen LogP contribution is -2.59. The maximum absolute atomic E-state index is 12.1. The molecule has 2 aliphatic heterocycles. The molecule has 0 saturated carbocycles. The van der Waals surface area contributed by atoms with Gasteiger partial charge in [-0.1, -0.05) is 11.2 Å². The molecule has 3 aromatic rings. The number of piperazine rings is 1. The van der Waals surface area contributed by atoms with Gasteiger partial charge in [-0.05, 0) is 17.7 Å². The highest BCUT2D eigenvalue weighted by atomic mass is 16.5. The minimum Gasteiger partial charge on any atom is -0.369 e. The zero-order chi connectivity index (χ0) is 20.0. The van der Waals surface area contributed by atoms with Gasteiger partial charge in [0, 0.05) is 38.4 Å². The Kier molecular flexibility index (Phi) is 4.29. The van der Waals surface area contributed by atoms with Crippen molar-refractivity contribution in [2.75, 3.05) is 32.8 Å². The van der Waals surface area contributed by atoms with Crippen molar-refractivity contribution in [3.8, 4) is 5.82 Å². The number of carbonyl (C=O) groups excluding carboxylic acids is 1. The third kappa shape index (κ3) is 3.26. The highest BCUT2D eigenvalue weighted by Crippen LogP contribution is 2.24. The molecule has 2 aliphatic rings. The van der Waals surface area contributed by atoms with Crippen LogP contribution in [0.2, 0.25) is 0 Å². The molecule has 150 valence electrons. The smallest absolute Gasteiger partial charge is 0.334 e. The second-order valence-corrected chi connectivity index (χ2v) is 7.31. The Balaban J connectivity index is 1.41. The summed E-state index contributed by atoms with van der Waals surface area (Å²) in [6.07, 6.45) is 1.38. The summed E-state index contributed by atoms with van der Waals surface area (Å²) in [6, 6.07) is 7.06. The molecule has 5 rings (SSSR count). The van der Waals surface area contributed by atoms with Gasteiger partial charge in [0.05, 0.1) is 18.0 Å². The molecule has 1 N–H and O–H groups in total. The van der Waals surface area contributed by atoms with Crippen molar-refractivity contribution in [1.29, 1.82) is 0 Å². The third-order valence-corrected chi connectivity index (χ3v) is 5.40. The molecule has 0 spiro atoms. The van der Waals surface area contributed by atoms with E-state index in [-0.39, 0.29) is 18.6 Å². The fourth-order valence-electron chi connectivity index (χ4n) is 3.99. The summed E-state index contributed by atoms with van der Waals surface area (Å²) < 4.78 is 12.0. The zero-order valence-electron chi connectivity index (χ0n) is 15.5. The molecule has 1 amide bonds. The van der Waals surface area contributed by atoms with Crippen LogP contribution in [-0.2, 0) is 16.1 Å². The number of nitrogens with one attached hydrogen (secondary N) is 1. The Bertz CT molecular complexity index is 1200. The van der Waals surface area contributed by atoms with E-state index in [1.807, 2.05) is 23.1 Å². The van der Waals surface area contributed by atoms with Gasteiger partial charge < -0.3 is 14.2 Å². The Morgan fingerprint density at radius 2 is 2.07 bits per heavy atom. The Morgan fingerprint density at radius 1 is 1.17 bits per heavy atom. The number of fused-ring (bicyclic) bond motifs is 2. The summed E-state index contributed by atoms with van der Waals surface area (Å²) in [6.45, 7) is 3.66. The first kappa shape index (κ1) is 17.8. The summed E-state index contributed by atoms with van der Waals surface area (Å²) in [4.78, 5) is 41.8. The topological polar surface area (TPSA) is 114 Å². The van der Waals surface area contributed by atoms with Crippen LogP contribution in [0.4, 0.5) is 0 Å². The van der Waals surface area contributed by atoms with Gasteiger partial charge >= 0.3 is 5.69 Å². The number of morpholine rings is 1. The molecule has 0 aliphatic carbocycles. The van der Waals surface area contributed by atoms with Crippen molar-refractivity contribution in [2.24, 2.45) is 0 Å². The molecular formula is C19H19N5O5. The number of hydrogen-bond donors (Lipinski definition) is 1. The lowest BCUT2D eigenvalue weighted by molar-refractivity contribution is -0.152. The van der Waals surface area contributed by atoms with Crippen molar-refractivity contribution in [3.63, 3.8) is 0 Å². The summed E-state index contributed by atoms with van der Waals surface area (Å²) in [5.41, 5.74) is 0.550. The first-order valence-corrected chi connectivity index (χ1v) is 9.39. The van der Waals surface area contributed by atoms with Crippen LogP contribution in [0.25, 0.3) is 16.8 Å². The van der Waals surface area contributed by atoms with Gasteiger partial charge in [0.1, 0.15) is 6.61 Å². The second-order valence-electron chi connectivity index (χ2n) is 7.31. The molecule has 10 nitrogen and oxygen atoms in total. The number of nitrogens with zero attached hydrogens (tertiary/aromatic N) is 4. The van der Waals surface area contributed by atoms with Gasteiger partial charge in [-0.15, -0.1) is 0 Å². The number of rotatable bonds is 3. The first-order valence-electron chi connectivity index (χ1n) is 9.39. The number of amides is 1. The minimum absolute atomic E-state index is 0.0581. The molecule has 1 atom stereocenters. The van der Waals surface area contributed by atoms with E-state index in [2.05, 4.69) is 15.0 Å². The minimum atomic E-state index is -0.573. The monoisotopic (exact) mass is 397 g/mol. The number of carbonyl (C=O) groups is 1. The van der Waals surface area contributed by atoms with Crippen molar-refractivity contribution < 1.29 is 14.1 Å². The van der Waals surface area contributed by atoms with Crippen molar-refractivity contribution in [3.05, 3.63) is 56.9 Å². The van der Waals surface area contributed by atoms with E-state index >= 15 is 0 Å². The normalized spacial score (nSPS) is 20.2. The van der Waals surface area contributed by atoms with E-state index in [1.165, 1.54) is 16.8 Å². The standard InChI is InChI=1S/C19H19N5O5/c25-16-3-4-24(19(27)20-16)18-14-7-12(1-2-15(14)29-21-18)8-22-5-6-23-13(9-22)10-28-11-17(23)26/h1-4,7,13H,5-6,8-11H2,(H,20,25,27). The van der Waals surface area contributed by atoms with E-state index in [0.717, 1.165) is 18.7 Å². The van der Waals surface area contributed by atoms with E-state index in [0.29, 0.717) is 36.5 Å². The third-order valence-electron chi connectivity index (χ3n) is 5.40. The highest BCUT2D eigenvalue weighted by molar-refractivity contribution is 5.84. The first-order chi connectivity index (χ1) is 14.1. The number of H-pyrrole nitrogens is 1.